The smallest absolute Gasteiger partial charge is 0.302 e. The molecule has 2 atom stereocenters. The average molecular weight is 400 g/mol. The molecule has 1 aliphatic rings. The molecule has 2 unspecified atom stereocenters. The Morgan fingerprint density at radius 1 is 1.48 bits per heavy atom. The Morgan fingerprint density at radius 2 is 2.22 bits per heavy atom. The Hall–Kier alpha value is -1.35. The fraction of sp³-hybridized carbons (Fsp3) is 0.333. The van der Waals surface area contributed by atoms with Crippen LogP contribution in [-0.2, 0) is 15.5 Å². The average Bonchev–Trinajstić information content (AvgIpc) is 3.22. The predicted octanol–water partition coefficient (Wildman–Crippen LogP) is 3.76. The van der Waals surface area contributed by atoms with Gasteiger partial charge in [0.15, 0.2) is 11.5 Å². The Bertz CT molecular complexity index is 771. The lowest BCUT2D eigenvalue weighted by molar-refractivity contribution is 0.103. The summed E-state index contributed by atoms with van der Waals surface area (Å²) in [7, 11) is 0. The van der Waals surface area contributed by atoms with Crippen LogP contribution < -0.4 is 0 Å². The number of halogens is 1. The lowest BCUT2D eigenvalue weighted by atomic mass is 9.95. The molecular weight excluding hydrogens is 386 g/mol. The molecule has 8 heteroatoms. The summed E-state index contributed by atoms with van der Waals surface area (Å²) in [6.45, 7) is 1.61. The van der Waals surface area contributed by atoms with Gasteiger partial charge in [-0.2, -0.15) is 4.21 Å². The van der Waals surface area contributed by atoms with Crippen LogP contribution in [0, 0.1) is 0 Å². The van der Waals surface area contributed by atoms with E-state index in [1.165, 1.54) is 6.20 Å². The van der Waals surface area contributed by atoms with Crippen LogP contribution in [0.15, 0.2) is 33.4 Å². The van der Waals surface area contributed by atoms with Gasteiger partial charge in [0.1, 0.15) is 6.10 Å². The monoisotopic (exact) mass is 399 g/mol. The Labute approximate surface area is 143 Å². The van der Waals surface area contributed by atoms with Crippen LogP contribution in [0.4, 0.5) is 0 Å². The minimum Gasteiger partial charge on any atom is -0.360 e. The second kappa shape index (κ2) is 6.64. The van der Waals surface area contributed by atoms with Crippen LogP contribution in [0.25, 0.3) is 0 Å². The number of carbonyl (C=O) groups excluding carboxylic acids is 1. The maximum absolute atomic E-state index is 12.9. The molecule has 1 aromatic carbocycles. The van der Waals surface area contributed by atoms with Gasteiger partial charge >= 0.3 is 11.4 Å². The molecule has 0 amide bonds. The summed E-state index contributed by atoms with van der Waals surface area (Å²) >= 11 is 0.950. The highest BCUT2D eigenvalue weighted by atomic mass is 79.9. The molecular formula is C15H14BrNO5S. The summed E-state index contributed by atoms with van der Waals surface area (Å²) in [5, 5.41) is 3.75. The van der Waals surface area contributed by atoms with E-state index >= 15 is 0 Å². The van der Waals surface area contributed by atoms with Crippen LogP contribution >= 0.6 is 15.9 Å². The largest absolute Gasteiger partial charge is 0.360 e. The highest BCUT2D eigenvalue weighted by Gasteiger charge is 2.33. The van der Waals surface area contributed by atoms with Crippen molar-refractivity contribution in [2.45, 2.75) is 31.8 Å². The van der Waals surface area contributed by atoms with E-state index in [-0.39, 0.29) is 11.7 Å². The quantitative estimate of drug-likeness (QED) is 0.587. The number of hydrogen-bond donors (Lipinski definition) is 1. The van der Waals surface area contributed by atoms with Gasteiger partial charge in [0.25, 0.3) is 0 Å². The van der Waals surface area contributed by atoms with Gasteiger partial charge in [-0.1, -0.05) is 33.2 Å². The van der Waals surface area contributed by atoms with Crippen molar-refractivity contribution in [3.63, 3.8) is 0 Å². The summed E-state index contributed by atoms with van der Waals surface area (Å²) in [6, 6.07) is 5.14. The number of ketones is 1. The molecule has 1 heterocycles. The second-order valence-electron chi connectivity index (χ2n) is 5.36. The summed E-state index contributed by atoms with van der Waals surface area (Å²) < 4.78 is 30.6. The van der Waals surface area contributed by atoms with E-state index in [0.717, 1.165) is 12.8 Å². The van der Waals surface area contributed by atoms with E-state index in [1.54, 1.807) is 25.1 Å². The van der Waals surface area contributed by atoms with Crippen molar-refractivity contribution in [3.05, 3.63) is 51.3 Å². The third-order valence-corrected chi connectivity index (χ3v) is 4.87. The lowest BCUT2D eigenvalue weighted by Crippen LogP contribution is -2.12. The Kier molecular flexibility index (Phi) is 4.77. The molecule has 122 valence electrons. The van der Waals surface area contributed by atoms with Crippen LogP contribution in [0.1, 0.15) is 59.0 Å². The molecule has 1 aliphatic carbocycles. The minimum atomic E-state index is -2.43. The standard InChI is InChI=1S/C15H14BrNO5S/c1-8(22-23(19)20)13-10(3-2-4-12(13)16)14(18)11-7-17-21-15(11)9-5-6-9/h2-4,7-9H,5-6H2,1H3,(H,19,20). The summed E-state index contributed by atoms with van der Waals surface area (Å²) in [5.74, 6) is 0.634. The van der Waals surface area contributed by atoms with Gasteiger partial charge in [-0.25, -0.2) is 0 Å². The predicted molar refractivity (Wildman–Crippen MR) is 86.3 cm³/mol. The number of aromatic nitrogens is 1. The molecule has 0 spiro atoms. The van der Waals surface area contributed by atoms with Crippen LogP contribution in [0.5, 0.6) is 0 Å². The highest BCUT2D eigenvalue weighted by molar-refractivity contribution is 9.10. The van der Waals surface area contributed by atoms with Crippen molar-refractivity contribution in [1.29, 1.82) is 0 Å². The number of carbonyl (C=O) groups is 1. The van der Waals surface area contributed by atoms with Gasteiger partial charge in [-0.3, -0.25) is 13.5 Å². The Morgan fingerprint density at radius 3 is 2.87 bits per heavy atom. The molecule has 1 fully saturated rings. The van der Waals surface area contributed by atoms with E-state index < -0.39 is 17.5 Å². The minimum absolute atomic E-state index is 0.233. The first-order valence-corrected chi connectivity index (χ1v) is 8.87. The van der Waals surface area contributed by atoms with Crippen molar-refractivity contribution in [1.82, 2.24) is 5.16 Å². The van der Waals surface area contributed by atoms with Gasteiger partial charge < -0.3 is 4.52 Å². The SMILES string of the molecule is CC(OS(=O)O)c1c(Br)cccc1C(=O)c1cnoc1C1CC1. The van der Waals surface area contributed by atoms with Crippen LogP contribution in [0.3, 0.4) is 0 Å². The molecule has 3 rings (SSSR count). The fourth-order valence-corrected chi connectivity index (χ4v) is 3.56. The lowest BCUT2D eigenvalue weighted by Gasteiger charge is -2.16. The van der Waals surface area contributed by atoms with E-state index in [9.17, 15) is 9.00 Å². The highest BCUT2D eigenvalue weighted by Crippen LogP contribution is 2.42. The number of hydrogen-bond acceptors (Lipinski definition) is 5. The van der Waals surface area contributed by atoms with Crippen molar-refractivity contribution in [2.24, 2.45) is 0 Å². The molecule has 0 saturated heterocycles. The third kappa shape index (κ3) is 3.45. The molecule has 2 aromatic rings. The van der Waals surface area contributed by atoms with Gasteiger partial charge in [-0.15, -0.1) is 0 Å². The van der Waals surface area contributed by atoms with Crippen molar-refractivity contribution >= 4 is 33.1 Å². The third-order valence-electron chi connectivity index (χ3n) is 3.72. The summed E-state index contributed by atoms with van der Waals surface area (Å²) in [4.78, 5) is 12.9. The number of nitrogens with zero attached hydrogens (tertiary/aromatic N) is 1. The van der Waals surface area contributed by atoms with Gasteiger partial charge in [0.05, 0.1) is 11.8 Å². The molecule has 1 aromatic heterocycles. The normalized spacial score (nSPS) is 17.0. The van der Waals surface area contributed by atoms with E-state index in [2.05, 4.69) is 21.1 Å². The van der Waals surface area contributed by atoms with E-state index in [1.807, 2.05) is 0 Å². The van der Waals surface area contributed by atoms with Crippen LogP contribution in [0.2, 0.25) is 0 Å². The maximum atomic E-state index is 12.9. The maximum Gasteiger partial charge on any atom is 0.302 e. The molecule has 1 saturated carbocycles. The van der Waals surface area contributed by atoms with Gasteiger partial charge in [0.2, 0.25) is 0 Å². The Balaban J connectivity index is 2.01. The molecule has 1 N–H and O–H groups in total. The zero-order valence-electron chi connectivity index (χ0n) is 12.2. The zero-order valence-corrected chi connectivity index (χ0v) is 14.6. The van der Waals surface area contributed by atoms with E-state index in [0.29, 0.717) is 26.9 Å². The van der Waals surface area contributed by atoms with Gasteiger partial charge in [0, 0.05) is 21.5 Å². The van der Waals surface area contributed by atoms with Crippen LogP contribution in [-0.4, -0.2) is 19.7 Å². The zero-order chi connectivity index (χ0) is 16.6. The first-order valence-electron chi connectivity index (χ1n) is 7.04. The first-order chi connectivity index (χ1) is 11.0. The number of benzene rings is 1. The molecule has 0 aliphatic heterocycles. The fourth-order valence-electron chi connectivity index (χ4n) is 2.52. The topological polar surface area (TPSA) is 89.6 Å². The second-order valence-corrected chi connectivity index (χ2v) is 6.84. The van der Waals surface area contributed by atoms with E-state index in [4.69, 9.17) is 13.3 Å². The van der Waals surface area contributed by atoms with Crippen molar-refractivity contribution in [2.75, 3.05) is 0 Å². The van der Waals surface area contributed by atoms with Gasteiger partial charge in [-0.05, 0) is 25.8 Å². The molecule has 23 heavy (non-hydrogen) atoms. The molecule has 0 radical (unpaired) electrons. The summed E-state index contributed by atoms with van der Waals surface area (Å²) in [6.07, 6.45) is 2.67. The van der Waals surface area contributed by atoms with Crippen molar-refractivity contribution in [3.8, 4) is 0 Å². The number of rotatable bonds is 6. The van der Waals surface area contributed by atoms with Crippen molar-refractivity contribution < 1.29 is 22.3 Å². The molecule has 6 nitrogen and oxygen atoms in total. The molecule has 0 bridgehead atoms. The summed E-state index contributed by atoms with van der Waals surface area (Å²) in [5.41, 5.74) is 1.34. The first kappa shape index (κ1) is 16.5.